The second kappa shape index (κ2) is 6.24. The molecule has 0 radical (unpaired) electrons. The molecule has 0 unspecified atom stereocenters. The lowest BCUT2D eigenvalue weighted by Crippen LogP contribution is -2.19. The van der Waals surface area contributed by atoms with Crippen LogP contribution in [-0.2, 0) is 24.1 Å². The van der Waals surface area contributed by atoms with E-state index in [9.17, 15) is 9.59 Å². The van der Waals surface area contributed by atoms with Crippen molar-refractivity contribution in [3.63, 3.8) is 0 Å². The summed E-state index contributed by atoms with van der Waals surface area (Å²) in [6, 6.07) is 9.68. The van der Waals surface area contributed by atoms with Gasteiger partial charge in [-0.05, 0) is 54.8 Å². The average molecular weight is 338 g/mol. The summed E-state index contributed by atoms with van der Waals surface area (Å²) < 4.78 is 0. The highest BCUT2D eigenvalue weighted by Gasteiger charge is 2.16. The molecule has 1 aliphatic rings. The minimum atomic E-state index is -0.0443. The number of H-pyrrole nitrogens is 1. The molecule has 2 aromatic heterocycles. The van der Waals surface area contributed by atoms with Crippen LogP contribution in [0.1, 0.15) is 28.8 Å². The van der Waals surface area contributed by atoms with Crippen LogP contribution in [0.2, 0.25) is 0 Å². The Morgan fingerprint density at radius 3 is 2.79 bits per heavy atom. The number of thiophene rings is 1. The fourth-order valence-electron chi connectivity index (χ4n) is 3.42. The number of rotatable bonds is 3. The van der Waals surface area contributed by atoms with E-state index >= 15 is 0 Å². The third kappa shape index (κ3) is 2.87. The first-order chi connectivity index (χ1) is 11.7. The fourth-order valence-corrected chi connectivity index (χ4v) is 4.12. The van der Waals surface area contributed by atoms with Crippen LogP contribution < -0.4 is 10.9 Å². The highest BCUT2D eigenvalue weighted by Crippen LogP contribution is 2.27. The quantitative estimate of drug-likeness (QED) is 0.766. The van der Waals surface area contributed by atoms with E-state index < -0.39 is 0 Å². The monoisotopic (exact) mass is 338 g/mol. The van der Waals surface area contributed by atoms with Crippen molar-refractivity contribution in [3.8, 4) is 0 Å². The molecule has 0 fully saturated rings. The van der Waals surface area contributed by atoms with Crippen molar-refractivity contribution in [2.75, 3.05) is 5.32 Å². The molecule has 0 saturated carbocycles. The predicted molar refractivity (Wildman–Crippen MR) is 97.9 cm³/mol. The van der Waals surface area contributed by atoms with Crippen LogP contribution in [0.25, 0.3) is 10.9 Å². The first kappa shape index (κ1) is 15.1. The van der Waals surface area contributed by atoms with Gasteiger partial charge < -0.3 is 10.3 Å². The maximum absolute atomic E-state index is 12.3. The van der Waals surface area contributed by atoms with Gasteiger partial charge in [-0.3, -0.25) is 9.59 Å². The number of aromatic nitrogens is 1. The minimum Gasteiger partial charge on any atom is -0.326 e. The number of carbonyl (C=O) groups excluding carboxylic acids is 1. The van der Waals surface area contributed by atoms with Gasteiger partial charge in [-0.25, -0.2) is 0 Å². The normalized spacial score (nSPS) is 13.7. The second-order valence-corrected chi connectivity index (χ2v) is 7.22. The number of nitrogens with one attached hydrogen (secondary N) is 2. The lowest BCUT2D eigenvalue weighted by atomic mass is 9.90. The highest BCUT2D eigenvalue weighted by molar-refractivity contribution is 7.10. The van der Waals surface area contributed by atoms with Gasteiger partial charge in [0.1, 0.15) is 0 Å². The Morgan fingerprint density at radius 1 is 1.17 bits per heavy atom. The van der Waals surface area contributed by atoms with E-state index in [2.05, 4.69) is 10.3 Å². The number of fused-ring (bicyclic) bond motifs is 3. The summed E-state index contributed by atoms with van der Waals surface area (Å²) in [4.78, 5) is 28.4. The van der Waals surface area contributed by atoms with E-state index in [4.69, 9.17) is 0 Å². The minimum absolute atomic E-state index is 0.0132. The number of amides is 1. The maximum Gasteiger partial charge on any atom is 0.251 e. The van der Waals surface area contributed by atoms with Crippen molar-refractivity contribution in [1.82, 2.24) is 4.98 Å². The first-order valence-electron chi connectivity index (χ1n) is 8.21. The van der Waals surface area contributed by atoms with Gasteiger partial charge in [0.05, 0.1) is 11.9 Å². The van der Waals surface area contributed by atoms with Gasteiger partial charge >= 0.3 is 0 Å². The molecule has 5 heteroatoms. The van der Waals surface area contributed by atoms with Crippen molar-refractivity contribution in [3.05, 3.63) is 62.1 Å². The summed E-state index contributed by atoms with van der Waals surface area (Å²) in [6.45, 7) is 0. The topological polar surface area (TPSA) is 62.0 Å². The van der Waals surface area contributed by atoms with Gasteiger partial charge in [-0.2, -0.15) is 0 Å². The molecule has 0 atom stereocenters. The summed E-state index contributed by atoms with van der Waals surface area (Å²) in [5, 5.41) is 5.98. The van der Waals surface area contributed by atoms with E-state index in [1.807, 2.05) is 35.7 Å². The van der Waals surface area contributed by atoms with Gasteiger partial charge in [0.25, 0.3) is 5.56 Å². The van der Waals surface area contributed by atoms with E-state index in [0.717, 1.165) is 52.7 Å². The number of pyridine rings is 1. The van der Waals surface area contributed by atoms with E-state index in [0.29, 0.717) is 6.42 Å². The van der Waals surface area contributed by atoms with Crippen molar-refractivity contribution >= 4 is 33.8 Å². The van der Waals surface area contributed by atoms with Crippen LogP contribution in [0.5, 0.6) is 0 Å². The maximum atomic E-state index is 12.3. The predicted octanol–water partition coefficient (Wildman–Crippen LogP) is 3.65. The van der Waals surface area contributed by atoms with E-state index in [1.165, 1.54) is 5.56 Å². The van der Waals surface area contributed by atoms with Crippen LogP contribution >= 0.6 is 11.3 Å². The number of aromatic amines is 1. The van der Waals surface area contributed by atoms with Crippen LogP contribution in [0.15, 0.2) is 40.5 Å². The zero-order valence-electron chi connectivity index (χ0n) is 13.2. The molecule has 0 spiro atoms. The number of anilines is 1. The molecule has 0 bridgehead atoms. The van der Waals surface area contributed by atoms with E-state index in [-0.39, 0.29) is 11.5 Å². The molecule has 4 rings (SSSR count). The summed E-state index contributed by atoms with van der Waals surface area (Å²) in [7, 11) is 0. The average Bonchev–Trinajstić information content (AvgIpc) is 3.08. The summed E-state index contributed by atoms with van der Waals surface area (Å²) in [6.07, 6.45) is 4.40. The van der Waals surface area contributed by atoms with Crippen molar-refractivity contribution in [2.24, 2.45) is 0 Å². The number of benzene rings is 1. The molecule has 3 aromatic rings. The Morgan fingerprint density at radius 2 is 2.00 bits per heavy atom. The van der Waals surface area contributed by atoms with E-state index in [1.54, 1.807) is 11.3 Å². The molecular formula is C19H18N2O2S. The second-order valence-electron chi connectivity index (χ2n) is 6.18. The number of aryl methyl sites for hydroxylation is 1. The molecule has 0 aliphatic heterocycles. The lowest BCUT2D eigenvalue weighted by molar-refractivity contribution is -0.115. The summed E-state index contributed by atoms with van der Waals surface area (Å²) in [5.41, 5.74) is 3.64. The molecule has 24 heavy (non-hydrogen) atoms. The van der Waals surface area contributed by atoms with Gasteiger partial charge in [0, 0.05) is 21.5 Å². The van der Waals surface area contributed by atoms with Crippen LogP contribution in [-0.4, -0.2) is 10.9 Å². The molecule has 1 aromatic carbocycles. The van der Waals surface area contributed by atoms with Gasteiger partial charge in [0.2, 0.25) is 5.91 Å². The van der Waals surface area contributed by atoms with Crippen molar-refractivity contribution in [1.29, 1.82) is 0 Å². The Balaban J connectivity index is 1.64. The molecule has 0 saturated heterocycles. The van der Waals surface area contributed by atoms with Crippen LogP contribution in [0.4, 0.5) is 5.69 Å². The third-order valence-corrected chi connectivity index (χ3v) is 5.41. The highest BCUT2D eigenvalue weighted by atomic mass is 32.1. The standard InChI is InChI=1S/C19H18N2O2S/c22-18(11-13-4-3-9-24-13)20-12-7-8-15-14-5-1-2-6-16(14)19(23)21-17(15)10-12/h3-4,7-10H,1-2,5-6,11H2,(H,20,22)(H,21,23). The van der Waals surface area contributed by atoms with Crippen LogP contribution in [0.3, 0.4) is 0 Å². The molecular weight excluding hydrogens is 320 g/mol. The Labute approximate surface area is 143 Å². The number of hydrogen-bond acceptors (Lipinski definition) is 3. The largest absolute Gasteiger partial charge is 0.326 e. The third-order valence-electron chi connectivity index (χ3n) is 4.53. The molecule has 122 valence electrons. The molecule has 2 N–H and O–H groups in total. The smallest absolute Gasteiger partial charge is 0.251 e. The zero-order chi connectivity index (χ0) is 16.5. The SMILES string of the molecule is O=C(Cc1cccs1)Nc1ccc2c3c(c(=O)[nH]c2c1)CCCC3. The Bertz CT molecular complexity index is 957. The summed E-state index contributed by atoms with van der Waals surface area (Å²) >= 11 is 1.57. The van der Waals surface area contributed by atoms with Gasteiger partial charge in [0.15, 0.2) is 0 Å². The fraction of sp³-hybridized carbons (Fsp3) is 0.263. The zero-order valence-corrected chi connectivity index (χ0v) is 14.0. The Kier molecular flexibility index (Phi) is 3.94. The molecule has 2 heterocycles. The van der Waals surface area contributed by atoms with Gasteiger partial charge in [-0.15, -0.1) is 11.3 Å². The van der Waals surface area contributed by atoms with Crippen molar-refractivity contribution < 1.29 is 4.79 Å². The first-order valence-corrected chi connectivity index (χ1v) is 9.09. The summed E-state index contributed by atoms with van der Waals surface area (Å²) in [5.74, 6) is -0.0443. The van der Waals surface area contributed by atoms with Crippen molar-refractivity contribution in [2.45, 2.75) is 32.1 Å². The lowest BCUT2D eigenvalue weighted by Gasteiger charge is -2.17. The van der Waals surface area contributed by atoms with Gasteiger partial charge in [-0.1, -0.05) is 12.1 Å². The Hall–Kier alpha value is -2.40. The molecule has 1 amide bonds. The number of carbonyl (C=O) groups is 1. The number of hydrogen-bond donors (Lipinski definition) is 2. The van der Waals surface area contributed by atoms with Crippen LogP contribution in [0, 0.1) is 0 Å². The molecule has 4 nitrogen and oxygen atoms in total. The molecule has 1 aliphatic carbocycles.